The first-order valence-electron chi connectivity index (χ1n) is 8.79. The Morgan fingerprint density at radius 3 is 2.72 bits per heavy atom. The van der Waals surface area contributed by atoms with Crippen LogP contribution in [0.25, 0.3) is 0 Å². The van der Waals surface area contributed by atoms with E-state index in [0.717, 1.165) is 30.8 Å². The minimum absolute atomic E-state index is 0.177. The number of imide groups is 1. The molecule has 2 saturated heterocycles. The lowest BCUT2D eigenvalue weighted by atomic mass is 9.99. The van der Waals surface area contributed by atoms with Gasteiger partial charge in [-0.2, -0.15) is 0 Å². The number of piperidine rings is 1. The lowest BCUT2D eigenvalue weighted by Crippen LogP contribution is -2.35. The Balaban J connectivity index is 1.73. The summed E-state index contributed by atoms with van der Waals surface area (Å²) in [7, 11) is 2.06. The van der Waals surface area contributed by atoms with Crippen LogP contribution in [0.1, 0.15) is 36.5 Å². The summed E-state index contributed by atoms with van der Waals surface area (Å²) < 4.78 is 5.50. The molecule has 0 unspecified atom stereocenters. The number of ether oxygens (including phenoxy) is 1. The molecule has 3 rings (SSSR count). The number of anilines is 1. The molecule has 2 atom stereocenters. The summed E-state index contributed by atoms with van der Waals surface area (Å²) in [6.07, 6.45) is 2.32. The monoisotopic (exact) mass is 344 g/mol. The number of rotatable bonds is 4. The fourth-order valence-electron chi connectivity index (χ4n) is 3.56. The summed E-state index contributed by atoms with van der Waals surface area (Å²) in [5, 5.41) is 0. The third-order valence-corrected chi connectivity index (χ3v) is 4.91. The Labute approximate surface area is 147 Å². The van der Waals surface area contributed by atoms with Crippen molar-refractivity contribution in [3.63, 3.8) is 0 Å². The van der Waals surface area contributed by atoms with Crippen LogP contribution < -0.4 is 4.90 Å². The van der Waals surface area contributed by atoms with Gasteiger partial charge in [-0.1, -0.05) is 19.1 Å². The molecule has 2 aliphatic heterocycles. The molecule has 2 fully saturated rings. The third kappa shape index (κ3) is 3.74. The van der Waals surface area contributed by atoms with Gasteiger partial charge in [-0.3, -0.25) is 9.59 Å². The number of hydrogen-bond donors (Lipinski definition) is 0. The highest BCUT2D eigenvalue weighted by atomic mass is 16.5. The van der Waals surface area contributed by atoms with Crippen molar-refractivity contribution in [2.75, 3.05) is 31.6 Å². The molecule has 0 N–H and O–H groups in total. The number of hydrogen-bond acceptors (Lipinski definition) is 5. The first-order valence-corrected chi connectivity index (χ1v) is 8.79. The molecule has 0 radical (unpaired) electrons. The van der Waals surface area contributed by atoms with Crippen molar-refractivity contribution >= 4 is 23.5 Å². The summed E-state index contributed by atoms with van der Waals surface area (Å²) >= 11 is 0. The Hall–Kier alpha value is -2.21. The van der Waals surface area contributed by atoms with Gasteiger partial charge in [0.1, 0.15) is 0 Å². The largest absolute Gasteiger partial charge is 0.462 e. The van der Waals surface area contributed by atoms with E-state index in [1.165, 1.54) is 0 Å². The van der Waals surface area contributed by atoms with E-state index in [1.54, 1.807) is 31.2 Å². The summed E-state index contributed by atoms with van der Waals surface area (Å²) in [5.74, 6) is -1.05. The van der Waals surface area contributed by atoms with Crippen molar-refractivity contribution in [2.45, 2.75) is 26.2 Å². The number of amides is 2. The quantitative estimate of drug-likeness (QED) is 0.618. The molecule has 2 amide bonds. The van der Waals surface area contributed by atoms with Gasteiger partial charge in [0, 0.05) is 24.8 Å². The van der Waals surface area contributed by atoms with Crippen LogP contribution in [0.5, 0.6) is 0 Å². The first kappa shape index (κ1) is 17.6. The van der Waals surface area contributed by atoms with Crippen molar-refractivity contribution in [2.24, 2.45) is 11.8 Å². The maximum atomic E-state index is 12.6. The van der Waals surface area contributed by atoms with Gasteiger partial charge in [0.15, 0.2) is 0 Å². The molecule has 0 spiro atoms. The maximum absolute atomic E-state index is 12.6. The van der Waals surface area contributed by atoms with Crippen molar-refractivity contribution in [3.05, 3.63) is 29.8 Å². The van der Waals surface area contributed by atoms with Gasteiger partial charge in [0.2, 0.25) is 11.8 Å². The van der Waals surface area contributed by atoms with E-state index in [9.17, 15) is 14.4 Å². The van der Waals surface area contributed by atoms with Crippen molar-refractivity contribution in [3.8, 4) is 0 Å². The minimum Gasteiger partial charge on any atom is -0.462 e. The SMILES string of the molecule is C[C@H]1CC(=O)N(c2ccccc2C(=O)OC[C@H]2CCCN(C)C2)C1=O. The van der Waals surface area contributed by atoms with E-state index in [4.69, 9.17) is 4.74 Å². The summed E-state index contributed by atoms with van der Waals surface area (Å²) in [6.45, 7) is 4.07. The van der Waals surface area contributed by atoms with Crippen LogP contribution in [0.4, 0.5) is 5.69 Å². The molecule has 1 aromatic rings. The van der Waals surface area contributed by atoms with Gasteiger partial charge in [0.05, 0.1) is 17.9 Å². The topological polar surface area (TPSA) is 66.9 Å². The van der Waals surface area contributed by atoms with Crippen LogP contribution in [0.2, 0.25) is 0 Å². The number of nitrogens with zero attached hydrogens (tertiary/aromatic N) is 2. The van der Waals surface area contributed by atoms with E-state index in [1.807, 2.05) is 0 Å². The van der Waals surface area contributed by atoms with Crippen LogP contribution >= 0.6 is 0 Å². The molecule has 134 valence electrons. The molecule has 2 aliphatic rings. The van der Waals surface area contributed by atoms with Gasteiger partial charge in [-0.25, -0.2) is 9.69 Å². The van der Waals surface area contributed by atoms with Gasteiger partial charge < -0.3 is 9.64 Å². The highest BCUT2D eigenvalue weighted by molar-refractivity contribution is 6.22. The molecule has 0 aromatic heterocycles. The number of carbonyl (C=O) groups excluding carboxylic acids is 3. The van der Waals surface area contributed by atoms with Gasteiger partial charge in [-0.15, -0.1) is 0 Å². The average Bonchev–Trinajstić information content (AvgIpc) is 2.85. The predicted octanol–water partition coefficient (Wildman–Crippen LogP) is 2.08. The second-order valence-electron chi connectivity index (χ2n) is 7.06. The Kier molecular flexibility index (Phi) is 5.18. The highest BCUT2D eigenvalue weighted by Gasteiger charge is 2.38. The van der Waals surface area contributed by atoms with Crippen LogP contribution in [-0.2, 0) is 14.3 Å². The van der Waals surface area contributed by atoms with Crippen LogP contribution in [-0.4, -0.2) is 49.4 Å². The second kappa shape index (κ2) is 7.35. The Bertz CT molecular complexity index is 688. The third-order valence-electron chi connectivity index (χ3n) is 4.91. The molecule has 0 bridgehead atoms. The number of likely N-dealkylation sites (tertiary alicyclic amines) is 1. The molecule has 6 nitrogen and oxygen atoms in total. The number of benzene rings is 1. The van der Waals surface area contributed by atoms with Gasteiger partial charge in [-0.05, 0) is 38.6 Å². The molecule has 0 aliphatic carbocycles. The fourth-order valence-corrected chi connectivity index (χ4v) is 3.56. The summed E-state index contributed by atoms with van der Waals surface area (Å²) in [6, 6.07) is 6.65. The normalized spacial score (nSPS) is 24.6. The second-order valence-corrected chi connectivity index (χ2v) is 7.06. The average molecular weight is 344 g/mol. The number of carbonyl (C=O) groups is 3. The van der Waals surface area contributed by atoms with Crippen LogP contribution in [0.3, 0.4) is 0 Å². The van der Waals surface area contributed by atoms with Crippen LogP contribution in [0.15, 0.2) is 24.3 Å². The Morgan fingerprint density at radius 2 is 2.04 bits per heavy atom. The number of esters is 1. The summed E-state index contributed by atoms with van der Waals surface area (Å²) in [4.78, 5) is 40.4. The maximum Gasteiger partial charge on any atom is 0.340 e. The standard InChI is InChI=1S/C19H24N2O4/c1-13-10-17(22)21(18(13)23)16-8-4-3-7-15(16)19(24)25-12-14-6-5-9-20(2)11-14/h3-4,7-8,13-14H,5-6,9-12H2,1-2H3/t13-,14-/m0/s1. The summed E-state index contributed by atoms with van der Waals surface area (Å²) in [5.41, 5.74) is 0.593. The molecule has 1 aromatic carbocycles. The smallest absolute Gasteiger partial charge is 0.340 e. The molecule has 0 saturated carbocycles. The minimum atomic E-state index is -0.482. The van der Waals surface area contributed by atoms with E-state index in [-0.39, 0.29) is 29.7 Å². The zero-order chi connectivity index (χ0) is 18.0. The lowest BCUT2D eigenvalue weighted by Gasteiger charge is -2.29. The molecule has 25 heavy (non-hydrogen) atoms. The molecular weight excluding hydrogens is 320 g/mol. The number of para-hydroxylation sites is 1. The van der Waals surface area contributed by atoms with Crippen molar-refractivity contribution in [1.29, 1.82) is 0 Å². The fraction of sp³-hybridized carbons (Fsp3) is 0.526. The molecule has 6 heteroatoms. The van der Waals surface area contributed by atoms with E-state index < -0.39 is 5.97 Å². The van der Waals surface area contributed by atoms with E-state index in [0.29, 0.717) is 18.2 Å². The van der Waals surface area contributed by atoms with E-state index in [2.05, 4.69) is 11.9 Å². The van der Waals surface area contributed by atoms with Crippen LogP contribution in [0, 0.1) is 11.8 Å². The zero-order valence-electron chi connectivity index (χ0n) is 14.7. The first-order chi connectivity index (χ1) is 12.0. The van der Waals surface area contributed by atoms with E-state index >= 15 is 0 Å². The van der Waals surface area contributed by atoms with Gasteiger partial charge in [0.25, 0.3) is 0 Å². The zero-order valence-corrected chi connectivity index (χ0v) is 14.7. The Morgan fingerprint density at radius 1 is 1.28 bits per heavy atom. The molecular formula is C19H24N2O4. The van der Waals surface area contributed by atoms with Gasteiger partial charge >= 0.3 is 5.97 Å². The van der Waals surface area contributed by atoms with Crippen molar-refractivity contribution < 1.29 is 19.1 Å². The molecule has 2 heterocycles. The lowest BCUT2D eigenvalue weighted by molar-refractivity contribution is -0.122. The highest BCUT2D eigenvalue weighted by Crippen LogP contribution is 2.29. The predicted molar refractivity (Wildman–Crippen MR) is 93.2 cm³/mol. The van der Waals surface area contributed by atoms with Crippen molar-refractivity contribution in [1.82, 2.24) is 4.90 Å².